The van der Waals surface area contributed by atoms with Crippen LogP contribution < -0.4 is 5.32 Å². The molecule has 0 aromatic heterocycles. The fourth-order valence-electron chi connectivity index (χ4n) is 3.64. The normalized spacial score (nSPS) is 26.8. The minimum absolute atomic E-state index is 0. The van der Waals surface area contributed by atoms with Crippen LogP contribution in [0.2, 0.25) is 5.02 Å². The van der Waals surface area contributed by atoms with E-state index in [2.05, 4.69) is 17.3 Å². The summed E-state index contributed by atoms with van der Waals surface area (Å²) in [6, 6.07) is 6.51. The van der Waals surface area contributed by atoms with Crippen LogP contribution in [0.3, 0.4) is 0 Å². The summed E-state index contributed by atoms with van der Waals surface area (Å²) in [6.07, 6.45) is 4.77. The molecule has 2 saturated heterocycles. The highest BCUT2D eigenvalue weighted by molar-refractivity contribution is 6.30. The number of halogens is 2. The van der Waals surface area contributed by atoms with E-state index in [0.29, 0.717) is 35.3 Å². The summed E-state index contributed by atoms with van der Waals surface area (Å²) < 4.78 is 0. The van der Waals surface area contributed by atoms with Gasteiger partial charge in [0, 0.05) is 41.3 Å². The summed E-state index contributed by atoms with van der Waals surface area (Å²) in [5.74, 6) is 0. The quantitative estimate of drug-likeness (QED) is 0.671. The van der Waals surface area contributed by atoms with Gasteiger partial charge in [0.25, 0.3) is 5.69 Å². The van der Waals surface area contributed by atoms with Crippen molar-refractivity contribution in [2.24, 2.45) is 0 Å². The Morgan fingerprint density at radius 3 is 2.59 bits per heavy atom. The van der Waals surface area contributed by atoms with Gasteiger partial charge in [0.05, 0.1) is 4.92 Å². The molecule has 2 heterocycles. The van der Waals surface area contributed by atoms with Crippen molar-refractivity contribution < 1.29 is 4.92 Å². The summed E-state index contributed by atoms with van der Waals surface area (Å²) in [5.41, 5.74) is 0.851. The molecule has 122 valence electrons. The maximum atomic E-state index is 11.1. The van der Waals surface area contributed by atoms with Gasteiger partial charge in [-0.05, 0) is 44.9 Å². The molecule has 0 aliphatic carbocycles. The third-order valence-electron chi connectivity index (χ3n) is 4.73. The Kier molecular flexibility index (Phi) is 5.66. The molecule has 0 amide bonds. The van der Waals surface area contributed by atoms with Gasteiger partial charge in [-0.15, -0.1) is 12.4 Å². The van der Waals surface area contributed by atoms with E-state index in [9.17, 15) is 10.1 Å². The highest BCUT2D eigenvalue weighted by atomic mass is 35.5. The van der Waals surface area contributed by atoms with Crippen LogP contribution in [0.25, 0.3) is 0 Å². The van der Waals surface area contributed by atoms with Gasteiger partial charge < -0.3 is 5.32 Å². The molecule has 2 atom stereocenters. The summed E-state index contributed by atoms with van der Waals surface area (Å²) >= 11 is 6.00. The van der Waals surface area contributed by atoms with Gasteiger partial charge in [-0.1, -0.05) is 11.6 Å². The molecule has 7 heteroatoms. The first-order chi connectivity index (χ1) is 10.0. The molecule has 2 fully saturated rings. The smallest absolute Gasteiger partial charge is 0.273 e. The third kappa shape index (κ3) is 3.71. The van der Waals surface area contributed by atoms with Gasteiger partial charge in [0.1, 0.15) is 0 Å². The number of fused-ring (bicyclic) bond motifs is 2. The van der Waals surface area contributed by atoms with Crippen LogP contribution in [0.5, 0.6) is 0 Å². The predicted molar refractivity (Wildman–Crippen MR) is 89.8 cm³/mol. The molecule has 2 bridgehead atoms. The molecular weight excluding hydrogens is 325 g/mol. The van der Waals surface area contributed by atoms with Gasteiger partial charge in [-0.3, -0.25) is 15.0 Å². The predicted octanol–water partition coefficient (Wildman–Crippen LogP) is 3.38. The first-order valence-corrected chi connectivity index (χ1v) is 7.80. The molecule has 22 heavy (non-hydrogen) atoms. The second-order valence-corrected chi connectivity index (χ2v) is 6.64. The maximum Gasteiger partial charge on any atom is 0.273 e. The fraction of sp³-hybridized carbons (Fsp3) is 0.600. The second-order valence-electron chi connectivity index (χ2n) is 6.21. The van der Waals surface area contributed by atoms with E-state index in [4.69, 9.17) is 11.6 Å². The summed E-state index contributed by atoms with van der Waals surface area (Å²) in [5, 5.41) is 15.3. The SMILES string of the molecule is CN(Cc1cc(Cl)ccc1[N+](=O)[O-])C1CC2CCC(C1)N2.Cl. The lowest BCUT2D eigenvalue weighted by atomic mass is 9.98. The van der Waals surface area contributed by atoms with E-state index in [1.54, 1.807) is 12.1 Å². The molecule has 0 radical (unpaired) electrons. The van der Waals surface area contributed by atoms with Crippen LogP contribution in [0.1, 0.15) is 31.2 Å². The van der Waals surface area contributed by atoms with Crippen molar-refractivity contribution in [1.82, 2.24) is 10.2 Å². The van der Waals surface area contributed by atoms with E-state index in [0.717, 1.165) is 12.8 Å². The summed E-state index contributed by atoms with van der Waals surface area (Å²) in [7, 11) is 2.06. The highest BCUT2D eigenvalue weighted by Gasteiger charge is 2.35. The van der Waals surface area contributed by atoms with Crippen molar-refractivity contribution in [2.75, 3.05) is 7.05 Å². The number of rotatable bonds is 4. The minimum Gasteiger partial charge on any atom is -0.311 e. The van der Waals surface area contributed by atoms with Crippen molar-refractivity contribution in [3.63, 3.8) is 0 Å². The zero-order valence-electron chi connectivity index (χ0n) is 12.5. The van der Waals surface area contributed by atoms with E-state index in [-0.39, 0.29) is 23.0 Å². The minimum atomic E-state index is -0.328. The van der Waals surface area contributed by atoms with Crippen LogP contribution in [0, 0.1) is 10.1 Å². The van der Waals surface area contributed by atoms with Crippen molar-refractivity contribution in [3.8, 4) is 0 Å². The van der Waals surface area contributed by atoms with Crippen LogP contribution in [-0.2, 0) is 6.54 Å². The molecule has 3 rings (SSSR count). The van der Waals surface area contributed by atoms with Gasteiger partial charge >= 0.3 is 0 Å². The van der Waals surface area contributed by atoms with Gasteiger partial charge in [0.2, 0.25) is 0 Å². The first-order valence-electron chi connectivity index (χ1n) is 7.42. The van der Waals surface area contributed by atoms with Crippen LogP contribution in [0.15, 0.2) is 18.2 Å². The Labute approximate surface area is 141 Å². The molecule has 0 spiro atoms. The number of nitro benzene ring substituents is 1. The number of hydrogen-bond donors (Lipinski definition) is 1. The van der Waals surface area contributed by atoms with Gasteiger partial charge in [0.15, 0.2) is 0 Å². The maximum absolute atomic E-state index is 11.1. The van der Waals surface area contributed by atoms with Gasteiger partial charge in [-0.25, -0.2) is 0 Å². The van der Waals surface area contributed by atoms with E-state index in [1.165, 1.54) is 18.9 Å². The van der Waals surface area contributed by atoms with Gasteiger partial charge in [-0.2, -0.15) is 0 Å². The molecule has 1 aromatic carbocycles. The lowest BCUT2D eigenvalue weighted by Crippen LogP contribution is -2.46. The molecule has 2 aliphatic rings. The average molecular weight is 346 g/mol. The Bertz CT molecular complexity index is 544. The average Bonchev–Trinajstić information content (AvgIpc) is 2.77. The molecule has 1 N–H and O–H groups in total. The highest BCUT2D eigenvalue weighted by Crippen LogP contribution is 2.31. The molecule has 0 saturated carbocycles. The van der Waals surface area contributed by atoms with Crippen LogP contribution in [0.4, 0.5) is 5.69 Å². The number of piperidine rings is 1. The third-order valence-corrected chi connectivity index (χ3v) is 4.96. The lowest BCUT2D eigenvalue weighted by molar-refractivity contribution is -0.385. The first kappa shape index (κ1) is 17.5. The Morgan fingerprint density at radius 1 is 1.36 bits per heavy atom. The lowest BCUT2D eigenvalue weighted by Gasteiger charge is -2.35. The standard InChI is InChI=1S/C15H20ClN3O2.ClH/c1-18(14-7-12-3-4-13(8-14)17-12)9-10-6-11(16)2-5-15(10)19(20)21;/h2,5-6,12-14,17H,3-4,7-9H2,1H3;1H. The van der Waals surface area contributed by atoms with Crippen LogP contribution in [-0.4, -0.2) is 35.0 Å². The molecule has 2 unspecified atom stereocenters. The second kappa shape index (κ2) is 7.13. The fourth-order valence-corrected chi connectivity index (χ4v) is 3.84. The van der Waals surface area contributed by atoms with E-state index in [1.807, 2.05) is 0 Å². The molecule has 1 aromatic rings. The summed E-state index contributed by atoms with van der Waals surface area (Å²) in [4.78, 5) is 13.1. The number of hydrogen-bond acceptors (Lipinski definition) is 4. The van der Waals surface area contributed by atoms with E-state index < -0.39 is 0 Å². The summed E-state index contributed by atoms with van der Waals surface area (Å²) in [6.45, 7) is 0.570. The van der Waals surface area contributed by atoms with Crippen molar-refractivity contribution in [3.05, 3.63) is 38.9 Å². The number of benzene rings is 1. The largest absolute Gasteiger partial charge is 0.311 e. The Hall–Kier alpha value is -0.880. The van der Waals surface area contributed by atoms with Crippen molar-refractivity contribution in [1.29, 1.82) is 0 Å². The monoisotopic (exact) mass is 345 g/mol. The zero-order chi connectivity index (χ0) is 15.0. The number of nitro groups is 1. The van der Waals surface area contributed by atoms with Crippen molar-refractivity contribution >= 4 is 29.7 Å². The Morgan fingerprint density at radius 2 is 2.00 bits per heavy atom. The topological polar surface area (TPSA) is 58.4 Å². The van der Waals surface area contributed by atoms with Crippen LogP contribution >= 0.6 is 24.0 Å². The molecule has 2 aliphatic heterocycles. The van der Waals surface area contributed by atoms with E-state index >= 15 is 0 Å². The molecular formula is C15H21Cl2N3O2. The number of nitrogens with zero attached hydrogens (tertiary/aromatic N) is 2. The number of nitrogens with one attached hydrogen (secondary N) is 1. The molecule has 5 nitrogen and oxygen atoms in total. The van der Waals surface area contributed by atoms with Crippen molar-refractivity contribution in [2.45, 2.75) is 50.4 Å². The zero-order valence-corrected chi connectivity index (χ0v) is 14.1. The Balaban J connectivity index is 0.00000176.